The number of benzene rings is 2. The maximum atomic E-state index is 12.8. The number of ether oxygens (including phenoxy) is 1. The van der Waals surface area contributed by atoms with E-state index in [0.29, 0.717) is 59.8 Å². The predicted molar refractivity (Wildman–Crippen MR) is 122 cm³/mol. The maximum Gasteiger partial charge on any atom is 0.243 e. The molecule has 2 aromatic carbocycles. The summed E-state index contributed by atoms with van der Waals surface area (Å²) in [6, 6.07) is 15.6. The van der Waals surface area contributed by atoms with E-state index in [9.17, 15) is 8.42 Å². The third kappa shape index (κ3) is 4.22. The lowest BCUT2D eigenvalue weighted by Gasteiger charge is -2.26. The summed E-state index contributed by atoms with van der Waals surface area (Å²) < 4.78 is 43.7. The number of hydrogen-bond acceptors (Lipinski definition) is 6. The molecular weight excluding hydrogens is 452 g/mol. The molecule has 0 spiro atoms. The van der Waals surface area contributed by atoms with Crippen molar-refractivity contribution in [3.05, 3.63) is 71.3 Å². The Kier molecular flexibility index (Phi) is 5.60. The molecule has 9 heteroatoms. The molecule has 5 rings (SSSR count). The van der Waals surface area contributed by atoms with Gasteiger partial charge in [-0.05, 0) is 60.7 Å². The maximum absolute atomic E-state index is 12.8. The molecule has 1 aliphatic heterocycles. The predicted octanol–water partition coefficient (Wildman–Crippen LogP) is 4.93. The highest BCUT2D eigenvalue weighted by Gasteiger charge is 2.26. The number of furan rings is 1. The number of rotatable bonds is 5. The quantitative estimate of drug-likeness (QED) is 0.411. The van der Waals surface area contributed by atoms with Crippen LogP contribution in [0.15, 0.2) is 68.3 Å². The molecule has 0 radical (unpaired) electrons. The van der Waals surface area contributed by atoms with E-state index in [4.69, 9.17) is 25.2 Å². The van der Waals surface area contributed by atoms with Gasteiger partial charge in [-0.25, -0.2) is 13.4 Å². The first kappa shape index (κ1) is 21.0. The van der Waals surface area contributed by atoms with Crippen LogP contribution in [0.5, 0.6) is 0 Å². The number of hydrogen-bond donors (Lipinski definition) is 0. The lowest BCUT2D eigenvalue weighted by Crippen LogP contribution is -2.40. The Labute approximate surface area is 189 Å². The number of nitrogens with zero attached hydrogens (tertiary/aromatic N) is 2. The summed E-state index contributed by atoms with van der Waals surface area (Å²) in [4.78, 5) is 4.63. The summed E-state index contributed by atoms with van der Waals surface area (Å²) >= 11 is 5.98. The number of morpholine rings is 1. The fourth-order valence-corrected chi connectivity index (χ4v) is 5.04. The zero-order chi connectivity index (χ0) is 22.1. The summed E-state index contributed by atoms with van der Waals surface area (Å²) in [6.07, 6.45) is 3.47. The Morgan fingerprint density at radius 3 is 2.50 bits per heavy atom. The second-order valence-corrected chi connectivity index (χ2v) is 9.61. The van der Waals surface area contributed by atoms with Crippen molar-refractivity contribution >= 4 is 44.9 Å². The first-order valence-corrected chi connectivity index (χ1v) is 11.8. The SMILES string of the molecule is O=S(=O)(c1ccc(-c2ccc(C=Cc3nc4cc(Cl)ccc4o3)o2)cc1)N1CCOCC1. The largest absolute Gasteiger partial charge is 0.457 e. The van der Waals surface area contributed by atoms with E-state index in [-0.39, 0.29) is 4.90 Å². The standard InChI is InChI=1S/C23H19ClN2O5S/c24-17-3-8-22-20(15-17)25-23(31-22)10-5-18-4-9-21(30-18)16-1-6-19(7-2-16)32(27,28)26-11-13-29-14-12-26/h1-10,15H,11-14H2. The third-order valence-corrected chi connectivity index (χ3v) is 7.28. The summed E-state index contributed by atoms with van der Waals surface area (Å²) in [5.74, 6) is 1.69. The molecule has 4 aromatic rings. The highest BCUT2D eigenvalue weighted by Crippen LogP contribution is 2.26. The Hall–Kier alpha value is -2.91. The molecule has 2 aromatic heterocycles. The van der Waals surface area contributed by atoms with Gasteiger partial charge in [0.2, 0.25) is 15.9 Å². The molecule has 0 atom stereocenters. The minimum Gasteiger partial charge on any atom is -0.457 e. The summed E-state index contributed by atoms with van der Waals surface area (Å²) in [5.41, 5.74) is 2.12. The Morgan fingerprint density at radius 1 is 0.938 bits per heavy atom. The van der Waals surface area contributed by atoms with Gasteiger partial charge in [0.1, 0.15) is 17.0 Å². The van der Waals surface area contributed by atoms with E-state index in [1.54, 1.807) is 54.6 Å². The molecular formula is C23H19ClN2O5S. The van der Waals surface area contributed by atoms with Crippen LogP contribution in [0, 0.1) is 0 Å². The number of halogens is 1. The molecule has 1 fully saturated rings. The normalized spacial score (nSPS) is 15.7. The molecule has 1 aliphatic rings. The van der Waals surface area contributed by atoms with Crippen LogP contribution >= 0.6 is 11.6 Å². The Bertz CT molecular complexity index is 1380. The number of fused-ring (bicyclic) bond motifs is 1. The fourth-order valence-electron chi connectivity index (χ4n) is 3.47. The molecule has 0 saturated carbocycles. The first-order chi connectivity index (χ1) is 15.5. The van der Waals surface area contributed by atoms with Crippen LogP contribution < -0.4 is 0 Å². The Balaban J connectivity index is 1.32. The van der Waals surface area contributed by atoms with E-state index >= 15 is 0 Å². The molecule has 7 nitrogen and oxygen atoms in total. The van der Waals surface area contributed by atoms with E-state index in [1.165, 1.54) is 4.31 Å². The van der Waals surface area contributed by atoms with Crippen LogP contribution in [-0.2, 0) is 14.8 Å². The van der Waals surface area contributed by atoms with Crippen LogP contribution in [-0.4, -0.2) is 44.0 Å². The van der Waals surface area contributed by atoms with Crippen molar-refractivity contribution < 1.29 is 22.0 Å². The van der Waals surface area contributed by atoms with Crippen molar-refractivity contribution in [2.24, 2.45) is 0 Å². The van der Waals surface area contributed by atoms with Crippen molar-refractivity contribution in [3.8, 4) is 11.3 Å². The molecule has 1 saturated heterocycles. The van der Waals surface area contributed by atoms with E-state index in [2.05, 4.69) is 4.98 Å². The number of sulfonamides is 1. The average molecular weight is 471 g/mol. The second kappa shape index (κ2) is 8.55. The Morgan fingerprint density at radius 2 is 1.72 bits per heavy atom. The summed E-state index contributed by atoms with van der Waals surface area (Å²) in [7, 11) is -3.52. The minimum absolute atomic E-state index is 0.255. The van der Waals surface area contributed by atoms with Crippen molar-refractivity contribution in [2.75, 3.05) is 26.3 Å². The second-order valence-electron chi connectivity index (χ2n) is 7.24. The lowest BCUT2D eigenvalue weighted by atomic mass is 10.2. The van der Waals surface area contributed by atoms with Crippen LogP contribution in [0.25, 0.3) is 34.6 Å². The first-order valence-electron chi connectivity index (χ1n) is 10.0. The topological polar surface area (TPSA) is 85.8 Å². The van der Waals surface area contributed by atoms with Gasteiger partial charge in [0.15, 0.2) is 5.58 Å². The van der Waals surface area contributed by atoms with Crippen molar-refractivity contribution in [1.29, 1.82) is 0 Å². The van der Waals surface area contributed by atoms with Crippen molar-refractivity contribution in [2.45, 2.75) is 4.90 Å². The monoisotopic (exact) mass is 470 g/mol. The molecule has 0 N–H and O–H groups in total. The molecule has 0 bridgehead atoms. The minimum atomic E-state index is -3.52. The van der Waals surface area contributed by atoms with Gasteiger partial charge >= 0.3 is 0 Å². The summed E-state index contributed by atoms with van der Waals surface area (Å²) in [6.45, 7) is 1.56. The van der Waals surface area contributed by atoms with E-state index < -0.39 is 10.0 Å². The highest BCUT2D eigenvalue weighted by atomic mass is 35.5. The molecule has 164 valence electrons. The van der Waals surface area contributed by atoms with Crippen molar-refractivity contribution in [3.63, 3.8) is 0 Å². The van der Waals surface area contributed by atoms with Crippen LogP contribution in [0.2, 0.25) is 5.02 Å². The van der Waals surface area contributed by atoms with Gasteiger partial charge in [0.25, 0.3) is 0 Å². The molecule has 0 unspecified atom stereocenters. The van der Waals surface area contributed by atoms with Gasteiger partial charge in [-0.1, -0.05) is 11.6 Å². The average Bonchev–Trinajstić information content (AvgIpc) is 3.45. The van der Waals surface area contributed by atoms with Gasteiger partial charge in [-0.2, -0.15) is 4.31 Å². The summed E-state index contributed by atoms with van der Waals surface area (Å²) in [5, 5.41) is 0.598. The van der Waals surface area contributed by atoms with Gasteiger partial charge in [-0.15, -0.1) is 0 Å². The highest BCUT2D eigenvalue weighted by molar-refractivity contribution is 7.89. The number of aromatic nitrogens is 1. The van der Waals surface area contributed by atoms with Crippen LogP contribution in [0.3, 0.4) is 0 Å². The van der Waals surface area contributed by atoms with Crippen LogP contribution in [0.1, 0.15) is 11.7 Å². The third-order valence-electron chi connectivity index (χ3n) is 5.13. The van der Waals surface area contributed by atoms with E-state index in [0.717, 1.165) is 5.56 Å². The molecule has 0 amide bonds. The molecule has 0 aliphatic carbocycles. The lowest BCUT2D eigenvalue weighted by molar-refractivity contribution is 0.0730. The van der Waals surface area contributed by atoms with Gasteiger partial charge in [-0.3, -0.25) is 0 Å². The molecule has 32 heavy (non-hydrogen) atoms. The smallest absolute Gasteiger partial charge is 0.243 e. The van der Waals surface area contributed by atoms with Crippen LogP contribution in [0.4, 0.5) is 0 Å². The zero-order valence-electron chi connectivity index (χ0n) is 16.9. The molecule has 3 heterocycles. The van der Waals surface area contributed by atoms with Gasteiger partial charge < -0.3 is 13.6 Å². The fraction of sp³-hybridized carbons (Fsp3) is 0.174. The van der Waals surface area contributed by atoms with E-state index in [1.807, 2.05) is 12.1 Å². The van der Waals surface area contributed by atoms with Gasteiger partial charge in [0, 0.05) is 29.8 Å². The zero-order valence-corrected chi connectivity index (χ0v) is 18.5. The van der Waals surface area contributed by atoms with Crippen molar-refractivity contribution in [1.82, 2.24) is 9.29 Å². The number of oxazole rings is 1. The van der Waals surface area contributed by atoms with Gasteiger partial charge in [0.05, 0.1) is 18.1 Å².